The van der Waals surface area contributed by atoms with Crippen molar-refractivity contribution in [3.8, 4) is 5.75 Å². The van der Waals surface area contributed by atoms with Crippen molar-refractivity contribution in [3.05, 3.63) is 29.3 Å². The first-order valence-corrected chi connectivity index (χ1v) is 6.14. The molecule has 0 fully saturated rings. The molecule has 0 saturated carbocycles. The standard InChI is InChI=1S/C14H21NO/c1-10-3-4-11(7-8-15)13-6-5-12(16-2)9-14(10)13/h5-6,9-11H,3-4,7-8,15H2,1-2H3. The number of methoxy groups -OCH3 is 1. The third-order valence-electron chi connectivity index (χ3n) is 3.73. The largest absolute Gasteiger partial charge is 0.497 e. The number of benzene rings is 1. The Bertz CT molecular complexity index is 362. The Morgan fingerprint density at radius 2 is 2.12 bits per heavy atom. The molecule has 1 aliphatic rings. The molecule has 0 amide bonds. The topological polar surface area (TPSA) is 35.2 Å². The van der Waals surface area contributed by atoms with Crippen molar-refractivity contribution in [2.75, 3.05) is 13.7 Å². The van der Waals surface area contributed by atoms with Gasteiger partial charge in [0.15, 0.2) is 0 Å². The first-order valence-electron chi connectivity index (χ1n) is 6.14. The minimum atomic E-state index is 0.652. The van der Waals surface area contributed by atoms with Gasteiger partial charge in [0, 0.05) is 0 Å². The van der Waals surface area contributed by atoms with Crippen LogP contribution in [0, 0.1) is 0 Å². The monoisotopic (exact) mass is 219 g/mol. The van der Waals surface area contributed by atoms with Crippen LogP contribution in [0.25, 0.3) is 0 Å². The van der Waals surface area contributed by atoms with E-state index >= 15 is 0 Å². The summed E-state index contributed by atoms with van der Waals surface area (Å²) >= 11 is 0. The highest BCUT2D eigenvalue weighted by Gasteiger charge is 2.24. The zero-order valence-corrected chi connectivity index (χ0v) is 10.2. The molecular formula is C14H21NO. The minimum absolute atomic E-state index is 0.652. The lowest BCUT2D eigenvalue weighted by molar-refractivity contribution is 0.410. The fourth-order valence-electron chi connectivity index (χ4n) is 2.74. The fourth-order valence-corrected chi connectivity index (χ4v) is 2.74. The summed E-state index contributed by atoms with van der Waals surface area (Å²) in [6.45, 7) is 3.08. The molecule has 0 bridgehead atoms. The molecule has 2 atom stereocenters. The molecule has 2 nitrogen and oxygen atoms in total. The average molecular weight is 219 g/mol. The molecule has 16 heavy (non-hydrogen) atoms. The summed E-state index contributed by atoms with van der Waals surface area (Å²) in [6, 6.07) is 6.49. The Hall–Kier alpha value is -1.02. The number of ether oxygens (including phenoxy) is 1. The van der Waals surface area contributed by atoms with Crippen molar-refractivity contribution in [3.63, 3.8) is 0 Å². The number of hydrogen-bond acceptors (Lipinski definition) is 2. The van der Waals surface area contributed by atoms with Gasteiger partial charge in [0.1, 0.15) is 5.75 Å². The van der Waals surface area contributed by atoms with E-state index in [0.29, 0.717) is 11.8 Å². The van der Waals surface area contributed by atoms with Gasteiger partial charge in [-0.05, 0) is 60.9 Å². The van der Waals surface area contributed by atoms with Crippen LogP contribution in [-0.2, 0) is 0 Å². The lowest BCUT2D eigenvalue weighted by Crippen LogP contribution is -2.16. The van der Waals surface area contributed by atoms with E-state index in [1.807, 2.05) is 0 Å². The van der Waals surface area contributed by atoms with E-state index in [2.05, 4.69) is 25.1 Å². The van der Waals surface area contributed by atoms with Crippen LogP contribution in [0.2, 0.25) is 0 Å². The number of fused-ring (bicyclic) bond motifs is 1. The van der Waals surface area contributed by atoms with Gasteiger partial charge in [-0.15, -0.1) is 0 Å². The van der Waals surface area contributed by atoms with Gasteiger partial charge in [-0.3, -0.25) is 0 Å². The Morgan fingerprint density at radius 3 is 2.81 bits per heavy atom. The van der Waals surface area contributed by atoms with Crippen LogP contribution in [0.3, 0.4) is 0 Å². The smallest absolute Gasteiger partial charge is 0.119 e. The predicted octanol–water partition coefficient (Wildman–Crippen LogP) is 3.02. The van der Waals surface area contributed by atoms with Crippen molar-refractivity contribution in [2.24, 2.45) is 5.73 Å². The summed E-state index contributed by atoms with van der Waals surface area (Å²) in [5.74, 6) is 2.28. The number of rotatable bonds is 3. The van der Waals surface area contributed by atoms with Crippen molar-refractivity contribution in [2.45, 2.75) is 38.0 Å². The zero-order chi connectivity index (χ0) is 11.5. The van der Waals surface area contributed by atoms with Gasteiger partial charge in [-0.25, -0.2) is 0 Å². The molecule has 0 spiro atoms. The van der Waals surface area contributed by atoms with Crippen LogP contribution < -0.4 is 10.5 Å². The summed E-state index contributed by atoms with van der Waals surface area (Å²) in [4.78, 5) is 0. The maximum Gasteiger partial charge on any atom is 0.119 e. The predicted molar refractivity (Wildman–Crippen MR) is 67.1 cm³/mol. The van der Waals surface area contributed by atoms with Gasteiger partial charge < -0.3 is 10.5 Å². The van der Waals surface area contributed by atoms with Crippen molar-refractivity contribution in [1.82, 2.24) is 0 Å². The summed E-state index contributed by atoms with van der Waals surface area (Å²) in [5.41, 5.74) is 8.64. The summed E-state index contributed by atoms with van der Waals surface area (Å²) in [5, 5.41) is 0. The minimum Gasteiger partial charge on any atom is -0.497 e. The second-order valence-corrected chi connectivity index (χ2v) is 4.75. The van der Waals surface area contributed by atoms with Crippen LogP contribution in [0.4, 0.5) is 0 Å². The first-order chi connectivity index (χ1) is 7.76. The summed E-state index contributed by atoms with van der Waals surface area (Å²) in [6.07, 6.45) is 3.65. The lowest BCUT2D eigenvalue weighted by atomic mass is 9.76. The molecule has 2 N–H and O–H groups in total. The molecule has 0 saturated heterocycles. The van der Waals surface area contributed by atoms with Gasteiger partial charge in [-0.1, -0.05) is 13.0 Å². The third kappa shape index (κ3) is 2.07. The molecule has 0 aromatic heterocycles. The van der Waals surface area contributed by atoms with Gasteiger partial charge >= 0.3 is 0 Å². The van der Waals surface area contributed by atoms with Gasteiger partial charge in [0.2, 0.25) is 0 Å². The zero-order valence-electron chi connectivity index (χ0n) is 10.2. The van der Waals surface area contributed by atoms with Crippen LogP contribution in [-0.4, -0.2) is 13.7 Å². The molecule has 2 heteroatoms. The molecule has 88 valence electrons. The van der Waals surface area contributed by atoms with E-state index in [-0.39, 0.29) is 0 Å². The number of hydrogen-bond donors (Lipinski definition) is 1. The van der Waals surface area contributed by atoms with Crippen molar-refractivity contribution in [1.29, 1.82) is 0 Å². The molecule has 0 heterocycles. The summed E-state index contributed by atoms with van der Waals surface area (Å²) < 4.78 is 5.30. The van der Waals surface area contributed by atoms with Crippen molar-refractivity contribution < 1.29 is 4.74 Å². The molecule has 0 radical (unpaired) electrons. The highest BCUT2D eigenvalue weighted by atomic mass is 16.5. The first kappa shape index (κ1) is 11.5. The van der Waals surface area contributed by atoms with E-state index in [4.69, 9.17) is 10.5 Å². The van der Waals surface area contributed by atoms with Gasteiger partial charge in [-0.2, -0.15) is 0 Å². The van der Waals surface area contributed by atoms with E-state index < -0.39 is 0 Å². The average Bonchev–Trinajstić information content (AvgIpc) is 2.33. The molecule has 1 aromatic rings. The Kier molecular flexibility index (Phi) is 3.49. The highest BCUT2D eigenvalue weighted by molar-refractivity contribution is 5.41. The maximum atomic E-state index is 5.68. The van der Waals surface area contributed by atoms with E-state index in [1.165, 1.54) is 24.0 Å². The van der Waals surface area contributed by atoms with Crippen LogP contribution >= 0.6 is 0 Å². The van der Waals surface area contributed by atoms with E-state index in [9.17, 15) is 0 Å². The van der Waals surface area contributed by atoms with Crippen LogP contribution in [0.1, 0.15) is 49.1 Å². The Balaban J connectivity index is 2.35. The third-order valence-corrected chi connectivity index (χ3v) is 3.73. The molecule has 1 aliphatic carbocycles. The molecule has 2 rings (SSSR count). The molecule has 1 aromatic carbocycles. The second-order valence-electron chi connectivity index (χ2n) is 4.75. The fraction of sp³-hybridized carbons (Fsp3) is 0.571. The molecular weight excluding hydrogens is 198 g/mol. The SMILES string of the molecule is COc1ccc2c(c1)C(C)CCC2CCN. The normalized spacial score (nSPS) is 23.9. The Labute approximate surface area is 97.8 Å². The van der Waals surface area contributed by atoms with Crippen molar-refractivity contribution >= 4 is 0 Å². The molecule has 0 aliphatic heterocycles. The van der Waals surface area contributed by atoms with Gasteiger partial charge in [0.25, 0.3) is 0 Å². The lowest BCUT2D eigenvalue weighted by Gasteiger charge is -2.30. The Morgan fingerprint density at radius 1 is 1.31 bits per heavy atom. The second kappa shape index (κ2) is 4.88. The number of nitrogens with two attached hydrogens (primary N) is 1. The van der Waals surface area contributed by atoms with Gasteiger partial charge in [0.05, 0.1) is 7.11 Å². The quantitative estimate of drug-likeness (QED) is 0.848. The highest BCUT2D eigenvalue weighted by Crippen LogP contribution is 2.41. The van der Waals surface area contributed by atoms with Crippen LogP contribution in [0.15, 0.2) is 18.2 Å². The molecule has 2 unspecified atom stereocenters. The van der Waals surface area contributed by atoms with E-state index in [1.54, 1.807) is 7.11 Å². The van der Waals surface area contributed by atoms with Crippen LogP contribution in [0.5, 0.6) is 5.75 Å². The maximum absolute atomic E-state index is 5.68. The van der Waals surface area contributed by atoms with E-state index in [0.717, 1.165) is 18.7 Å². The summed E-state index contributed by atoms with van der Waals surface area (Å²) in [7, 11) is 1.73.